The van der Waals surface area contributed by atoms with Crippen LogP contribution in [0.5, 0.6) is 0 Å². The molecule has 1 atom stereocenters. The molecule has 1 fully saturated rings. The molecule has 30 heavy (non-hydrogen) atoms. The van der Waals surface area contributed by atoms with Crippen molar-refractivity contribution in [2.45, 2.75) is 45.6 Å². The minimum atomic E-state index is -0.867. The predicted molar refractivity (Wildman–Crippen MR) is 113 cm³/mol. The van der Waals surface area contributed by atoms with Gasteiger partial charge in [-0.2, -0.15) is 0 Å². The second-order valence-corrected chi connectivity index (χ2v) is 7.05. The van der Waals surface area contributed by atoms with Crippen molar-refractivity contribution in [1.82, 2.24) is 10.2 Å². The highest BCUT2D eigenvalue weighted by Gasteiger charge is 2.34. The molecule has 1 unspecified atom stereocenters. The van der Waals surface area contributed by atoms with Gasteiger partial charge in [-0.05, 0) is 37.1 Å². The summed E-state index contributed by atoms with van der Waals surface area (Å²) in [5.41, 5.74) is 1.39. The number of rotatable bonds is 10. The Balaban J connectivity index is 1.90. The first-order valence-electron chi connectivity index (χ1n) is 10.3. The maximum absolute atomic E-state index is 12.7. The molecule has 3 amide bonds. The third-order valence-electron chi connectivity index (χ3n) is 4.57. The molecule has 0 bridgehead atoms. The molecule has 9 nitrogen and oxygen atoms in total. The molecule has 0 saturated carbocycles. The zero-order valence-corrected chi connectivity index (χ0v) is 17.5. The Labute approximate surface area is 176 Å². The van der Waals surface area contributed by atoms with E-state index in [1.165, 1.54) is 4.90 Å². The zero-order chi connectivity index (χ0) is 21.9. The molecule has 0 aromatic heterocycles. The lowest BCUT2D eigenvalue weighted by Crippen LogP contribution is -2.58. The van der Waals surface area contributed by atoms with E-state index in [4.69, 9.17) is 4.74 Å². The van der Waals surface area contributed by atoms with Crippen molar-refractivity contribution in [3.8, 4) is 0 Å². The number of nitrogens with one attached hydrogen (secondary N) is 3. The second kappa shape index (κ2) is 11.8. The van der Waals surface area contributed by atoms with Gasteiger partial charge in [0.15, 0.2) is 0 Å². The summed E-state index contributed by atoms with van der Waals surface area (Å²) in [6, 6.07) is 6.16. The maximum atomic E-state index is 12.7. The number of benzene rings is 1. The van der Waals surface area contributed by atoms with Crippen LogP contribution in [0, 0.1) is 0 Å². The van der Waals surface area contributed by atoms with Gasteiger partial charge in [0.25, 0.3) is 0 Å². The van der Waals surface area contributed by atoms with Crippen LogP contribution in [0.3, 0.4) is 0 Å². The number of hydrogen-bond donors (Lipinski definition) is 3. The molecule has 0 aliphatic carbocycles. The molecule has 0 radical (unpaired) electrons. The average molecular weight is 418 g/mol. The van der Waals surface area contributed by atoms with E-state index in [9.17, 15) is 19.2 Å². The number of anilines is 2. The van der Waals surface area contributed by atoms with Gasteiger partial charge in [0, 0.05) is 30.9 Å². The minimum Gasteiger partial charge on any atom is -0.466 e. The summed E-state index contributed by atoms with van der Waals surface area (Å²) in [6.45, 7) is 4.77. The third kappa shape index (κ3) is 7.06. The number of hydrogen-bond acceptors (Lipinski definition) is 6. The lowest BCUT2D eigenvalue weighted by molar-refractivity contribution is -0.151. The number of amides is 3. The molecule has 1 saturated heterocycles. The average Bonchev–Trinajstić information content (AvgIpc) is 2.73. The monoisotopic (exact) mass is 418 g/mol. The topological polar surface area (TPSA) is 117 Å². The number of piperazine rings is 1. The normalized spacial score (nSPS) is 15.9. The van der Waals surface area contributed by atoms with Gasteiger partial charge in [0.05, 0.1) is 19.6 Å². The molecule has 9 heteroatoms. The van der Waals surface area contributed by atoms with E-state index in [-0.39, 0.29) is 37.3 Å². The molecule has 1 aliphatic rings. The summed E-state index contributed by atoms with van der Waals surface area (Å²) < 4.78 is 5.05. The van der Waals surface area contributed by atoms with Crippen molar-refractivity contribution in [1.29, 1.82) is 0 Å². The van der Waals surface area contributed by atoms with Crippen molar-refractivity contribution < 1.29 is 23.9 Å². The van der Waals surface area contributed by atoms with Crippen molar-refractivity contribution in [2.24, 2.45) is 0 Å². The molecule has 164 valence electrons. The highest BCUT2D eigenvalue weighted by atomic mass is 16.5. The zero-order valence-electron chi connectivity index (χ0n) is 17.5. The van der Waals surface area contributed by atoms with Gasteiger partial charge in [-0.15, -0.1) is 0 Å². The molecule has 1 aromatic carbocycles. The smallest absolute Gasteiger partial charge is 0.308 e. The van der Waals surface area contributed by atoms with Gasteiger partial charge in [-0.1, -0.05) is 13.8 Å². The van der Waals surface area contributed by atoms with E-state index in [0.717, 1.165) is 6.42 Å². The lowest BCUT2D eigenvalue weighted by atomic mass is 10.1. The summed E-state index contributed by atoms with van der Waals surface area (Å²) in [6.07, 6.45) is 1.77. The standard InChI is InChI=1S/C21H30N4O5/c1-3-5-18(26)24-16-8-6-15(7-9-16)23-14-19(27)25-11-10-22-21(29)17(25)13-20(28)30-12-4-2/h6-9,17,23H,3-5,10-14H2,1-2H3,(H,22,29)(H,24,26). The summed E-state index contributed by atoms with van der Waals surface area (Å²) in [5.74, 6) is -1.17. The van der Waals surface area contributed by atoms with Crippen LogP contribution in [0.2, 0.25) is 0 Å². The van der Waals surface area contributed by atoms with Crippen LogP contribution in [0.4, 0.5) is 11.4 Å². The Morgan fingerprint density at radius 2 is 1.83 bits per heavy atom. The highest BCUT2D eigenvalue weighted by molar-refractivity contribution is 5.93. The lowest BCUT2D eigenvalue weighted by Gasteiger charge is -2.34. The van der Waals surface area contributed by atoms with E-state index in [1.54, 1.807) is 24.3 Å². The number of carbonyl (C=O) groups excluding carboxylic acids is 4. The van der Waals surface area contributed by atoms with Crippen molar-refractivity contribution in [3.63, 3.8) is 0 Å². The van der Waals surface area contributed by atoms with E-state index in [2.05, 4.69) is 16.0 Å². The molecular formula is C21H30N4O5. The fourth-order valence-electron chi connectivity index (χ4n) is 3.05. The van der Waals surface area contributed by atoms with E-state index < -0.39 is 12.0 Å². The van der Waals surface area contributed by atoms with Gasteiger partial charge in [0.2, 0.25) is 17.7 Å². The Bertz CT molecular complexity index is 750. The molecule has 0 spiro atoms. The van der Waals surface area contributed by atoms with Crippen LogP contribution in [-0.4, -0.2) is 60.9 Å². The molecule has 1 heterocycles. The molecule has 3 N–H and O–H groups in total. The maximum Gasteiger partial charge on any atom is 0.308 e. The summed E-state index contributed by atoms with van der Waals surface area (Å²) in [7, 11) is 0. The highest BCUT2D eigenvalue weighted by Crippen LogP contribution is 2.15. The summed E-state index contributed by atoms with van der Waals surface area (Å²) >= 11 is 0. The first kappa shape index (κ1) is 23.2. The first-order chi connectivity index (χ1) is 14.4. The number of ether oxygens (including phenoxy) is 1. The summed E-state index contributed by atoms with van der Waals surface area (Å²) in [5, 5.41) is 8.51. The number of nitrogens with zero attached hydrogens (tertiary/aromatic N) is 1. The van der Waals surface area contributed by atoms with Crippen molar-refractivity contribution >= 4 is 35.1 Å². The van der Waals surface area contributed by atoms with Crippen LogP contribution in [-0.2, 0) is 23.9 Å². The predicted octanol–water partition coefficient (Wildman–Crippen LogP) is 1.51. The van der Waals surface area contributed by atoms with Crippen LogP contribution in [0.25, 0.3) is 0 Å². The Morgan fingerprint density at radius 1 is 1.13 bits per heavy atom. The van der Waals surface area contributed by atoms with Gasteiger partial charge in [-0.25, -0.2) is 0 Å². The number of esters is 1. The fraction of sp³-hybridized carbons (Fsp3) is 0.524. The molecule has 2 rings (SSSR count). The van der Waals surface area contributed by atoms with Crippen LogP contribution in [0.15, 0.2) is 24.3 Å². The first-order valence-corrected chi connectivity index (χ1v) is 10.3. The molecular weight excluding hydrogens is 388 g/mol. The van der Waals surface area contributed by atoms with E-state index >= 15 is 0 Å². The van der Waals surface area contributed by atoms with Gasteiger partial charge in [-0.3, -0.25) is 19.2 Å². The largest absolute Gasteiger partial charge is 0.466 e. The van der Waals surface area contributed by atoms with Crippen LogP contribution >= 0.6 is 0 Å². The van der Waals surface area contributed by atoms with Crippen LogP contribution in [0.1, 0.15) is 39.5 Å². The van der Waals surface area contributed by atoms with Crippen LogP contribution < -0.4 is 16.0 Å². The summed E-state index contributed by atoms with van der Waals surface area (Å²) in [4.78, 5) is 49.9. The van der Waals surface area contributed by atoms with Crippen molar-refractivity contribution in [2.75, 3.05) is 36.9 Å². The van der Waals surface area contributed by atoms with E-state index in [1.807, 2.05) is 13.8 Å². The number of carbonyl (C=O) groups is 4. The van der Waals surface area contributed by atoms with Gasteiger partial charge < -0.3 is 25.6 Å². The SMILES string of the molecule is CCCOC(=O)CC1C(=O)NCCN1C(=O)CNc1ccc(NC(=O)CCC)cc1. The minimum absolute atomic E-state index is 0.0185. The molecule has 1 aromatic rings. The Morgan fingerprint density at radius 3 is 2.50 bits per heavy atom. The fourth-order valence-corrected chi connectivity index (χ4v) is 3.05. The van der Waals surface area contributed by atoms with E-state index in [0.29, 0.717) is 37.3 Å². The quantitative estimate of drug-likeness (QED) is 0.496. The van der Waals surface area contributed by atoms with Gasteiger partial charge in [0.1, 0.15) is 6.04 Å². The second-order valence-electron chi connectivity index (χ2n) is 7.05. The Hall–Kier alpha value is -3.10. The Kier molecular flexibility index (Phi) is 9.11. The molecule has 1 aliphatic heterocycles. The van der Waals surface area contributed by atoms with Gasteiger partial charge >= 0.3 is 5.97 Å². The third-order valence-corrected chi connectivity index (χ3v) is 4.57. The van der Waals surface area contributed by atoms with Crippen molar-refractivity contribution in [3.05, 3.63) is 24.3 Å².